The highest BCUT2D eigenvalue weighted by Crippen LogP contribution is 2.46. The SMILES string of the molecule is COc1ccc(C(C(N)=O)(N(Cc2cccs2)C(=O)CCC(=O)Nc2cc(C)on2)C(C)(C)C)cc1. The van der Waals surface area contributed by atoms with Crippen LogP contribution in [0.25, 0.3) is 0 Å². The zero-order chi connectivity index (χ0) is 26.5. The number of anilines is 1. The zero-order valence-electron chi connectivity index (χ0n) is 21.2. The third-order valence-corrected chi connectivity index (χ3v) is 6.87. The van der Waals surface area contributed by atoms with Crippen LogP contribution in [0.3, 0.4) is 0 Å². The summed E-state index contributed by atoms with van der Waals surface area (Å²) in [5, 5.41) is 8.27. The molecular formula is C26H32N4O5S. The van der Waals surface area contributed by atoms with E-state index in [9.17, 15) is 14.4 Å². The monoisotopic (exact) mass is 512 g/mol. The number of carbonyl (C=O) groups excluding carboxylic acids is 3. The molecule has 0 fully saturated rings. The van der Waals surface area contributed by atoms with Crippen LogP contribution in [0.5, 0.6) is 5.75 Å². The summed E-state index contributed by atoms with van der Waals surface area (Å²) in [7, 11) is 1.55. The summed E-state index contributed by atoms with van der Waals surface area (Å²) < 4.78 is 10.2. The van der Waals surface area contributed by atoms with Crippen LogP contribution in [0.2, 0.25) is 0 Å². The van der Waals surface area contributed by atoms with Crippen LogP contribution in [0.4, 0.5) is 5.82 Å². The predicted octanol–water partition coefficient (Wildman–Crippen LogP) is 4.23. The Kier molecular flexibility index (Phi) is 8.19. The molecule has 0 saturated heterocycles. The molecule has 3 N–H and O–H groups in total. The van der Waals surface area contributed by atoms with E-state index in [4.69, 9.17) is 15.0 Å². The topological polar surface area (TPSA) is 128 Å². The van der Waals surface area contributed by atoms with E-state index in [2.05, 4.69) is 10.5 Å². The van der Waals surface area contributed by atoms with Crippen LogP contribution in [0.1, 0.15) is 49.8 Å². The van der Waals surface area contributed by atoms with Crippen molar-refractivity contribution in [2.45, 2.75) is 52.6 Å². The van der Waals surface area contributed by atoms with Crippen LogP contribution >= 0.6 is 11.3 Å². The molecule has 0 aliphatic rings. The number of hydrogen-bond acceptors (Lipinski definition) is 7. The van der Waals surface area contributed by atoms with Crippen molar-refractivity contribution in [3.05, 3.63) is 64.0 Å². The minimum absolute atomic E-state index is 0.104. The lowest BCUT2D eigenvalue weighted by atomic mass is 9.67. The van der Waals surface area contributed by atoms with Gasteiger partial charge in [-0.3, -0.25) is 14.4 Å². The lowest BCUT2D eigenvalue weighted by molar-refractivity contribution is -0.157. The van der Waals surface area contributed by atoms with E-state index < -0.39 is 22.8 Å². The molecule has 1 aromatic carbocycles. The summed E-state index contributed by atoms with van der Waals surface area (Å²) >= 11 is 1.47. The van der Waals surface area contributed by atoms with Gasteiger partial charge in [0.25, 0.3) is 0 Å². The first-order valence-electron chi connectivity index (χ1n) is 11.5. The highest BCUT2D eigenvalue weighted by molar-refractivity contribution is 7.09. The van der Waals surface area contributed by atoms with Crippen molar-refractivity contribution in [2.75, 3.05) is 12.4 Å². The molecule has 9 nitrogen and oxygen atoms in total. The minimum atomic E-state index is -1.50. The van der Waals surface area contributed by atoms with Gasteiger partial charge < -0.3 is 25.2 Å². The average Bonchev–Trinajstić information content (AvgIpc) is 3.48. The molecule has 0 spiro atoms. The van der Waals surface area contributed by atoms with Crippen LogP contribution in [-0.4, -0.2) is 34.9 Å². The highest BCUT2D eigenvalue weighted by atomic mass is 32.1. The normalized spacial score (nSPS) is 13.0. The van der Waals surface area contributed by atoms with Crippen LogP contribution < -0.4 is 15.8 Å². The quantitative estimate of drug-likeness (QED) is 0.418. The summed E-state index contributed by atoms with van der Waals surface area (Å²) in [6.07, 6.45) is -0.234. The highest BCUT2D eigenvalue weighted by Gasteiger charge is 2.55. The summed E-state index contributed by atoms with van der Waals surface area (Å²) in [5.41, 5.74) is 4.40. The summed E-state index contributed by atoms with van der Waals surface area (Å²) in [4.78, 5) is 42.1. The fourth-order valence-electron chi connectivity index (χ4n) is 4.41. The van der Waals surface area contributed by atoms with E-state index in [1.54, 1.807) is 44.4 Å². The van der Waals surface area contributed by atoms with Crippen LogP contribution in [-0.2, 0) is 26.5 Å². The van der Waals surface area contributed by atoms with Gasteiger partial charge in [0.1, 0.15) is 11.5 Å². The molecular weight excluding hydrogens is 480 g/mol. The molecule has 1 atom stereocenters. The van der Waals surface area contributed by atoms with Gasteiger partial charge in [-0.25, -0.2) is 0 Å². The molecule has 1 unspecified atom stereocenters. The van der Waals surface area contributed by atoms with Gasteiger partial charge in [0.2, 0.25) is 17.7 Å². The minimum Gasteiger partial charge on any atom is -0.497 e. The van der Waals surface area contributed by atoms with Crippen molar-refractivity contribution in [2.24, 2.45) is 11.1 Å². The van der Waals surface area contributed by atoms with Crippen molar-refractivity contribution in [3.8, 4) is 5.75 Å². The number of primary amides is 1. The van der Waals surface area contributed by atoms with Gasteiger partial charge in [-0.15, -0.1) is 11.3 Å². The maximum Gasteiger partial charge on any atom is 0.248 e. The third-order valence-electron chi connectivity index (χ3n) is 6.01. The molecule has 3 aromatic rings. The number of amides is 3. The number of aryl methyl sites for hydroxylation is 1. The fourth-order valence-corrected chi connectivity index (χ4v) is 5.10. The lowest BCUT2D eigenvalue weighted by Gasteiger charge is -2.50. The molecule has 3 rings (SSSR count). The van der Waals surface area contributed by atoms with Gasteiger partial charge in [0.05, 0.1) is 13.7 Å². The molecule has 0 aliphatic carbocycles. The number of thiophene rings is 1. The Balaban J connectivity index is 1.99. The molecule has 0 saturated carbocycles. The van der Waals surface area contributed by atoms with E-state index in [-0.39, 0.29) is 31.1 Å². The Morgan fingerprint density at radius 3 is 2.33 bits per heavy atom. The third kappa shape index (κ3) is 5.59. The standard InChI is InChI=1S/C26H32N4O5S/c1-17-15-21(29-35-17)28-22(31)12-13-23(32)30(16-20-7-6-14-36-20)26(24(27)33,25(2,3)4)18-8-10-19(34-5)11-9-18/h6-11,14-15H,12-13,16H2,1-5H3,(H2,27,33)(H,28,29,31). The Morgan fingerprint density at radius 1 is 1.14 bits per heavy atom. The van der Waals surface area contributed by atoms with Gasteiger partial charge in [0.15, 0.2) is 11.4 Å². The second-order valence-electron chi connectivity index (χ2n) is 9.48. The maximum absolute atomic E-state index is 13.8. The van der Waals surface area contributed by atoms with E-state index in [1.807, 2.05) is 38.3 Å². The van der Waals surface area contributed by atoms with Gasteiger partial charge >= 0.3 is 0 Å². The van der Waals surface area contributed by atoms with E-state index >= 15 is 0 Å². The second-order valence-corrected chi connectivity index (χ2v) is 10.5. The van der Waals surface area contributed by atoms with E-state index in [0.29, 0.717) is 17.1 Å². The smallest absolute Gasteiger partial charge is 0.248 e. The van der Waals surface area contributed by atoms with Gasteiger partial charge in [-0.05, 0) is 41.5 Å². The number of nitrogens with one attached hydrogen (secondary N) is 1. The Hall–Kier alpha value is -3.66. The van der Waals surface area contributed by atoms with Crippen molar-refractivity contribution < 1.29 is 23.6 Å². The van der Waals surface area contributed by atoms with Gasteiger partial charge in [0, 0.05) is 23.8 Å². The number of aromatic nitrogens is 1. The first-order valence-corrected chi connectivity index (χ1v) is 12.4. The largest absolute Gasteiger partial charge is 0.497 e. The molecule has 192 valence electrons. The lowest BCUT2D eigenvalue weighted by Crippen LogP contribution is -2.63. The Morgan fingerprint density at radius 2 is 1.83 bits per heavy atom. The van der Waals surface area contributed by atoms with Crippen LogP contribution in [0.15, 0.2) is 52.4 Å². The first-order chi connectivity index (χ1) is 17.0. The van der Waals surface area contributed by atoms with Gasteiger partial charge in [-0.1, -0.05) is 44.1 Å². The number of methoxy groups -OCH3 is 1. The van der Waals surface area contributed by atoms with E-state index in [0.717, 1.165) is 4.88 Å². The Bertz CT molecular complexity index is 1200. The zero-order valence-corrected chi connectivity index (χ0v) is 22.0. The van der Waals surface area contributed by atoms with Gasteiger partial charge in [-0.2, -0.15) is 0 Å². The van der Waals surface area contributed by atoms with Crippen molar-refractivity contribution in [1.82, 2.24) is 10.1 Å². The number of benzene rings is 1. The Labute approximate surface area is 214 Å². The molecule has 0 bridgehead atoms. The van der Waals surface area contributed by atoms with Crippen molar-refractivity contribution in [1.29, 1.82) is 0 Å². The first kappa shape index (κ1) is 26.9. The molecule has 0 radical (unpaired) electrons. The summed E-state index contributed by atoms with van der Waals surface area (Å²) in [6.45, 7) is 7.49. The summed E-state index contributed by atoms with van der Waals surface area (Å²) in [6, 6.07) is 12.3. The number of hydrogen-bond donors (Lipinski definition) is 2. The number of carbonyl (C=O) groups is 3. The molecule has 2 aromatic heterocycles. The van der Waals surface area contributed by atoms with Crippen molar-refractivity contribution in [3.63, 3.8) is 0 Å². The second kappa shape index (κ2) is 10.9. The molecule has 36 heavy (non-hydrogen) atoms. The molecule has 10 heteroatoms. The number of nitrogens with zero attached hydrogens (tertiary/aromatic N) is 2. The van der Waals surface area contributed by atoms with Crippen LogP contribution in [0, 0.1) is 12.3 Å². The molecule has 2 heterocycles. The number of nitrogens with two attached hydrogens (primary N) is 1. The summed E-state index contributed by atoms with van der Waals surface area (Å²) in [5.74, 6) is 0.0192. The van der Waals surface area contributed by atoms with Crippen molar-refractivity contribution >= 4 is 34.9 Å². The fraction of sp³-hybridized carbons (Fsp3) is 0.385. The molecule has 0 aliphatic heterocycles. The molecule has 3 amide bonds. The number of rotatable bonds is 10. The van der Waals surface area contributed by atoms with E-state index in [1.165, 1.54) is 16.2 Å². The average molecular weight is 513 g/mol. The number of ether oxygens (including phenoxy) is 1. The maximum atomic E-state index is 13.8. The predicted molar refractivity (Wildman–Crippen MR) is 137 cm³/mol.